The second-order valence-corrected chi connectivity index (χ2v) is 7.42. The van der Waals surface area contributed by atoms with Crippen LogP contribution in [-0.2, 0) is 10.0 Å². The first-order chi connectivity index (χ1) is 7.27. The summed E-state index contributed by atoms with van der Waals surface area (Å²) >= 11 is 6.47. The van der Waals surface area contributed by atoms with E-state index >= 15 is 0 Å². The van der Waals surface area contributed by atoms with Gasteiger partial charge in [-0.25, -0.2) is 18.1 Å². The van der Waals surface area contributed by atoms with E-state index < -0.39 is 15.6 Å². The van der Waals surface area contributed by atoms with Crippen molar-refractivity contribution in [1.82, 2.24) is 9.71 Å². The molecular formula is C8H13ClN2O3S2. The van der Waals surface area contributed by atoms with Gasteiger partial charge in [0.1, 0.15) is 0 Å². The molecule has 0 saturated heterocycles. The van der Waals surface area contributed by atoms with Gasteiger partial charge in [-0.2, -0.15) is 0 Å². The highest BCUT2D eigenvalue weighted by atomic mass is 35.5. The van der Waals surface area contributed by atoms with E-state index in [0.29, 0.717) is 6.42 Å². The monoisotopic (exact) mass is 284 g/mol. The third-order valence-corrected chi connectivity index (χ3v) is 5.14. The van der Waals surface area contributed by atoms with Crippen LogP contribution in [-0.4, -0.2) is 30.7 Å². The topological polar surface area (TPSA) is 79.3 Å². The predicted molar refractivity (Wildman–Crippen MR) is 63.2 cm³/mol. The number of thiazole rings is 1. The standard InChI is InChI=1S/C8H13ClN2O3S2/c1-8(2,3-4-12)11-16(13,14)6-5-10-7(9)15-6/h5,11-12H,3-4H2,1-2H3. The lowest BCUT2D eigenvalue weighted by Crippen LogP contribution is -2.43. The average Bonchev–Trinajstić information content (AvgIpc) is 2.49. The number of hydrogen-bond acceptors (Lipinski definition) is 5. The lowest BCUT2D eigenvalue weighted by atomic mass is 10.0. The molecule has 0 aliphatic heterocycles. The van der Waals surface area contributed by atoms with Crippen LogP contribution in [0.15, 0.2) is 10.4 Å². The minimum Gasteiger partial charge on any atom is -0.396 e. The minimum atomic E-state index is -3.61. The molecule has 1 heterocycles. The number of aliphatic hydroxyl groups excluding tert-OH is 1. The summed E-state index contributed by atoms with van der Waals surface area (Å²) in [5.74, 6) is 0. The summed E-state index contributed by atoms with van der Waals surface area (Å²) < 4.78 is 26.5. The van der Waals surface area contributed by atoms with Crippen molar-refractivity contribution in [3.05, 3.63) is 10.7 Å². The molecule has 0 saturated carbocycles. The molecule has 0 bridgehead atoms. The number of nitrogens with zero attached hydrogens (tertiary/aromatic N) is 1. The van der Waals surface area contributed by atoms with Crippen LogP contribution in [0.1, 0.15) is 20.3 Å². The van der Waals surface area contributed by atoms with Crippen molar-refractivity contribution in [2.45, 2.75) is 30.0 Å². The number of aliphatic hydroxyl groups is 1. The molecule has 0 atom stereocenters. The third kappa shape index (κ3) is 3.67. The van der Waals surface area contributed by atoms with Crippen molar-refractivity contribution in [3.63, 3.8) is 0 Å². The number of hydrogen-bond donors (Lipinski definition) is 2. The fourth-order valence-electron chi connectivity index (χ4n) is 1.11. The number of rotatable bonds is 5. The van der Waals surface area contributed by atoms with Crippen molar-refractivity contribution >= 4 is 33.0 Å². The summed E-state index contributed by atoms with van der Waals surface area (Å²) in [4.78, 5) is 3.67. The molecule has 1 rings (SSSR count). The summed E-state index contributed by atoms with van der Waals surface area (Å²) in [6, 6.07) is 0. The molecule has 0 unspecified atom stereocenters. The SMILES string of the molecule is CC(C)(CCO)NS(=O)(=O)c1cnc(Cl)s1. The number of aromatic nitrogens is 1. The van der Waals surface area contributed by atoms with Crippen LogP contribution in [0.25, 0.3) is 0 Å². The van der Waals surface area contributed by atoms with E-state index in [2.05, 4.69) is 9.71 Å². The van der Waals surface area contributed by atoms with Gasteiger partial charge in [-0.1, -0.05) is 22.9 Å². The first-order valence-electron chi connectivity index (χ1n) is 4.53. The average molecular weight is 285 g/mol. The maximum absolute atomic E-state index is 11.9. The van der Waals surface area contributed by atoms with Crippen molar-refractivity contribution in [2.24, 2.45) is 0 Å². The summed E-state index contributed by atoms with van der Waals surface area (Å²) in [5, 5.41) is 8.81. The number of halogens is 1. The summed E-state index contributed by atoms with van der Waals surface area (Å²) in [5.41, 5.74) is -0.704. The zero-order chi connectivity index (χ0) is 12.4. The van der Waals surface area contributed by atoms with Gasteiger partial charge in [-0.05, 0) is 20.3 Å². The van der Waals surface area contributed by atoms with E-state index in [1.165, 1.54) is 6.20 Å². The maximum atomic E-state index is 11.9. The molecule has 0 amide bonds. The smallest absolute Gasteiger partial charge is 0.252 e. The normalized spacial score (nSPS) is 13.0. The van der Waals surface area contributed by atoms with E-state index in [0.717, 1.165) is 11.3 Å². The van der Waals surface area contributed by atoms with Gasteiger partial charge < -0.3 is 5.11 Å². The Labute approximate surface area is 104 Å². The Kier molecular flexibility index (Phi) is 4.30. The van der Waals surface area contributed by atoms with E-state index in [1.54, 1.807) is 13.8 Å². The van der Waals surface area contributed by atoms with E-state index in [1.807, 2.05) is 0 Å². The second-order valence-electron chi connectivity index (χ2n) is 3.90. The Hall–Kier alpha value is -0.210. The molecule has 5 nitrogen and oxygen atoms in total. The summed E-state index contributed by atoms with van der Waals surface area (Å²) in [7, 11) is -3.61. The van der Waals surface area contributed by atoms with Crippen LogP contribution in [0.5, 0.6) is 0 Å². The Morgan fingerprint density at radius 2 is 2.25 bits per heavy atom. The van der Waals surface area contributed by atoms with Crippen LogP contribution in [0.2, 0.25) is 4.47 Å². The molecule has 1 aromatic rings. The third-order valence-electron chi connectivity index (χ3n) is 1.87. The van der Waals surface area contributed by atoms with Gasteiger partial charge in [-0.15, -0.1) is 0 Å². The number of sulfonamides is 1. The Balaban J connectivity index is 2.88. The predicted octanol–water partition coefficient (Wildman–Crippen LogP) is 1.24. The Bertz CT molecular complexity index is 456. The van der Waals surface area contributed by atoms with Gasteiger partial charge in [0.2, 0.25) is 0 Å². The molecule has 0 aliphatic rings. The van der Waals surface area contributed by atoms with Gasteiger partial charge in [-0.3, -0.25) is 0 Å². The van der Waals surface area contributed by atoms with Gasteiger partial charge in [0.15, 0.2) is 8.68 Å². The van der Waals surface area contributed by atoms with Gasteiger partial charge in [0.05, 0.1) is 6.20 Å². The lowest BCUT2D eigenvalue weighted by molar-refractivity contribution is 0.246. The van der Waals surface area contributed by atoms with Crippen molar-refractivity contribution < 1.29 is 13.5 Å². The maximum Gasteiger partial charge on any atom is 0.252 e. The van der Waals surface area contributed by atoms with E-state index in [4.69, 9.17) is 16.7 Å². The molecule has 0 aromatic carbocycles. The largest absolute Gasteiger partial charge is 0.396 e. The van der Waals surface area contributed by atoms with Crippen LogP contribution >= 0.6 is 22.9 Å². The summed E-state index contributed by atoms with van der Waals surface area (Å²) in [6.45, 7) is 3.31. The Morgan fingerprint density at radius 3 is 2.69 bits per heavy atom. The molecule has 1 aromatic heterocycles. The van der Waals surface area contributed by atoms with Crippen molar-refractivity contribution in [2.75, 3.05) is 6.61 Å². The first kappa shape index (κ1) is 13.9. The lowest BCUT2D eigenvalue weighted by Gasteiger charge is -2.24. The van der Waals surface area contributed by atoms with E-state index in [9.17, 15) is 8.42 Å². The molecule has 2 N–H and O–H groups in total. The van der Waals surface area contributed by atoms with Crippen molar-refractivity contribution in [1.29, 1.82) is 0 Å². The van der Waals surface area contributed by atoms with Crippen molar-refractivity contribution in [3.8, 4) is 0 Å². The molecule has 0 spiro atoms. The highest BCUT2D eigenvalue weighted by molar-refractivity contribution is 7.91. The van der Waals surface area contributed by atoms with Crippen LogP contribution in [0.4, 0.5) is 0 Å². The highest BCUT2D eigenvalue weighted by Gasteiger charge is 2.27. The van der Waals surface area contributed by atoms with Crippen LogP contribution in [0, 0.1) is 0 Å². The number of nitrogens with one attached hydrogen (secondary N) is 1. The fraction of sp³-hybridized carbons (Fsp3) is 0.625. The zero-order valence-corrected chi connectivity index (χ0v) is 11.3. The van der Waals surface area contributed by atoms with E-state index in [-0.39, 0.29) is 15.3 Å². The first-order valence-corrected chi connectivity index (χ1v) is 7.21. The summed E-state index contributed by atoms with van der Waals surface area (Å²) in [6.07, 6.45) is 1.54. The quantitative estimate of drug-likeness (QED) is 0.852. The Morgan fingerprint density at radius 1 is 1.62 bits per heavy atom. The molecular weight excluding hydrogens is 272 g/mol. The molecule has 0 fully saturated rings. The highest BCUT2D eigenvalue weighted by Crippen LogP contribution is 2.24. The van der Waals surface area contributed by atoms with Crippen LogP contribution < -0.4 is 4.72 Å². The molecule has 16 heavy (non-hydrogen) atoms. The second kappa shape index (κ2) is 4.97. The molecule has 92 valence electrons. The molecule has 0 aliphatic carbocycles. The zero-order valence-electron chi connectivity index (χ0n) is 8.90. The minimum absolute atomic E-state index is 0.0727. The van der Waals surface area contributed by atoms with Crippen LogP contribution in [0.3, 0.4) is 0 Å². The van der Waals surface area contributed by atoms with Gasteiger partial charge in [0, 0.05) is 12.1 Å². The molecule has 0 radical (unpaired) electrons. The fourth-order valence-corrected chi connectivity index (χ4v) is 3.84. The molecule has 8 heteroatoms. The van der Waals surface area contributed by atoms with Gasteiger partial charge in [0.25, 0.3) is 10.0 Å². The van der Waals surface area contributed by atoms with Gasteiger partial charge >= 0.3 is 0 Å².